The van der Waals surface area contributed by atoms with Crippen LogP contribution in [0.5, 0.6) is 0 Å². The molecule has 0 spiro atoms. The molecule has 1 rings (SSSR count). The molecule has 1 aliphatic rings. The van der Waals surface area contributed by atoms with Crippen molar-refractivity contribution >= 4 is 14.4 Å². The Balaban J connectivity index is 3.03. The highest BCUT2D eigenvalue weighted by Gasteiger charge is 2.52. The zero-order valence-electron chi connectivity index (χ0n) is 16.0. The lowest BCUT2D eigenvalue weighted by Crippen LogP contribution is -2.60. The zero-order valence-corrected chi connectivity index (χ0v) is 17.1. The van der Waals surface area contributed by atoms with Crippen molar-refractivity contribution in [3.8, 4) is 0 Å². The lowest BCUT2D eigenvalue weighted by Gasteiger charge is -2.40. The molecule has 1 fully saturated rings. The number of carbonyl (C=O) groups is 1. The Morgan fingerprint density at radius 3 is 2.29 bits per heavy atom. The van der Waals surface area contributed by atoms with Gasteiger partial charge in [-0.2, -0.15) is 0 Å². The van der Waals surface area contributed by atoms with Crippen molar-refractivity contribution in [2.75, 3.05) is 26.4 Å². The third-order valence-corrected chi connectivity index (χ3v) is 6.95. The summed E-state index contributed by atoms with van der Waals surface area (Å²) in [4.78, 5) is 13.4. The molecule has 142 valence electrons. The van der Waals surface area contributed by atoms with E-state index in [1.807, 2.05) is 20.8 Å². The van der Waals surface area contributed by atoms with Gasteiger partial charge in [0, 0.05) is 26.4 Å². The van der Waals surface area contributed by atoms with Gasteiger partial charge in [-0.25, -0.2) is 0 Å². The number of hydrogen-bond donors (Lipinski definition) is 0. The molecular weight excluding hydrogens is 324 g/mol. The lowest BCUT2D eigenvalue weighted by molar-refractivity contribution is -0.268. The summed E-state index contributed by atoms with van der Waals surface area (Å²) in [5, 5.41) is 0.0286. The second kappa shape index (κ2) is 12.1. The largest absolute Gasteiger partial charge is 0.412 e. The third-order valence-electron chi connectivity index (χ3n) is 4.39. The van der Waals surface area contributed by atoms with Crippen LogP contribution in [0, 0.1) is 0 Å². The fourth-order valence-corrected chi connectivity index (χ4v) is 5.79. The van der Waals surface area contributed by atoms with Crippen molar-refractivity contribution in [2.45, 2.75) is 84.2 Å². The van der Waals surface area contributed by atoms with Crippen molar-refractivity contribution in [1.82, 2.24) is 0 Å². The summed E-state index contributed by atoms with van der Waals surface area (Å²) in [6.07, 6.45) is 5.76. The molecule has 1 heterocycles. The first-order chi connectivity index (χ1) is 11.7. The average Bonchev–Trinajstić information content (AvgIpc) is 2.61. The molecular formula is C18H36O5Si. The summed E-state index contributed by atoms with van der Waals surface area (Å²) in [5.41, 5.74) is 0. The summed E-state index contributed by atoms with van der Waals surface area (Å²) < 4.78 is 23.8. The van der Waals surface area contributed by atoms with Gasteiger partial charge >= 0.3 is 0 Å². The van der Waals surface area contributed by atoms with Crippen molar-refractivity contribution in [3.63, 3.8) is 0 Å². The zero-order chi connectivity index (χ0) is 17.8. The first kappa shape index (κ1) is 21.8. The molecule has 24 heavy (non-hydrogen) atoms. The van der Waals surface area contributed by atoms with Crippen LogP contribution in [0.2, 0.25) is 6.04 Å². The average molecular weight is 361 g/mol. The Kier molecular flexibility index (Phi) is 11.0. The van der Waals surface area contributed by atoms with Gasteiger partial charge in [0.15, 0.2) is 5.41 Å². The number of carbonyl (C=O) groups excluding carboxylic acids is 1. The van der Waals surface area contributed by atoms with E-state index in [4.69, 9.17) is 18.6 Å². The molecule has 6 heteroatoms. The predicted molar refractivity (Wildman–Crippen MR) is 97.7 cm³/mol. The van der Waals surface area contributed by atoms with Crippen LogP contribution in [0.25, 0.3) is 0 Å². The van der Waals surface area contributed by atoms with Crippen molar-refractivity contribution in [2.24, 2.45) is 0 Å². The van der Waals surface area contributed by atoms with Gasteiger partial charge in [-0.05, 0) is 39.7 Å². The molecule has 5 nitrogen and oxygen atoms in total. The van der Waals surface area contributed by atoms with E-state index in [0.717, 1.165) is 44.6 Å². The van der Waals surface area contributed by atoms with Crippen LogP contribution in [0.15, 0.2) is 0 Å². The molecule has 0 N–H and O–H groups in total. The summed E-state index contributed by atoms with van der Waals surface area (Å²) in [6, 6.07) is 0.870. The standard InChI is InChI=1S/C18H36O5Si/c1-5-9-10-13-16(20-6-2)18(21-7-3,22-8-4)17(19)24-15-12-11-14-23-24/h16,24H,5-15H2,1-4H3. The normalized spacial score (nSPS) is 20.1. The highest BCUT2D eigenvalue weighted by atomic mass is 28.3. The van der Waals surface area contributed by atoms with E-state index in [9.17, 15) is 4.79 Å². The monoisotopic (exact) mass is 360 g/mol. The predicted octanol–water partition coefficient (Wildman–Crippen LogP) is 3.38. The maximum Gasteiger partial charge on any atom is 0.257 e. The van der Waals surface area contributed by atoms with Crippen LogP contribution in [-0.2, 0) is 23.4 Å². The summed E-state index contributed by atoms with van der Waals surface area (Å²) in [5.74, 6) is -1.29. The summed E-state index contributed by atoms with van der Waals surface area (Å²) in [7, 11) is -2.00. The second-order valence-corrected chi connectivity index (χ2v) is 8.61. The smallest absolute Gasteiger partial charge is 0.257 e. The van der Waals surface area contributed by atoms with E-state index in [1.54, 1.807) is 0 Å². The van der Waals surface area contributed by atoms with Crippen LogP contribution in [0.4, 0.5) is 0 Å². The van der Waals surface area contributed by atoms with Crippen molar-refractivity contribution < 1.29 is 23.4 Å². The highest BCUT2D eigenvalue weighted by Crippen LogP contribution is 2.30. The van der Waals surface area contributed by atoms with E-state index in [2.05, 4.69) is 6.92 Å². The van der Waals surface area contributed by atoms with Crippen LogP contribution in [0.1, 0.15) is 66.2 Å². The van der Waals surface area contributed by atoms with Gasteiger partial charge in [-0.15, -0.1) is 0 Å². The molecule has 0 aliphatic carbocycles. The lowest BCUT2D eigenvalue weighted by atomic mass is 10.0. The van der Waals surface area contributed by atoms with Crippen LogP contribution < -0.4 is 0 Å². The Bertz CT molecular complexity index is 338. The molecule has 0 aromatic rings. The maximum absolute atomic E-state index is 13.4. The molecule has 0 aromatic carbocycles. The van der Waals surface area contributed by atoms with Crippen LogP contribution in [-0.4, -0.2) is 52.8 Å². The second-order valence-electron chi connectivity index (χ2n) is 6.19. The molecule has 1 saturated heterocycles. The number of hydrogen-bond acceptors (Lipinski definition) is 5. The van der Waals surface area contributed by atoms with Gasteiger partial charge in [0.2, 0.25) is 0 Å². The van der Waals surface area contributed by atoms with Gasteiger partial charge < -0.3 is 18.6 Å². The van der Waals surface area contributed by atoms with E-state index in [0.29, 0.717) is 26.4 Å². The third kappa shape index (κ3) is 5.91. The molecule has 1 aliphatic heterocycles. The minimum Gasteiger partial charge on any atom is -0.412 e. The van der Waals surface area contributed by atoms with Gasteiger partial charge in [0.1, 0.15) is 6.10 Å². The van der Waals surface area contributed by atoms with E-state index >= 15 is 0 Å². The van der Waals surface area contributed by atoms with Crippen molar-refractivity contribution in [1.29, 1.82) is 0 Å². The minimum atomic E-state index is -2.00. The molecule has 0 amide bonds. The fraction of sp³-hybridized carbons (Fsp3) is 0.944. The van der Waals surface area contributed by atoms with Gasteiger partial charge in [0.05, 0.1) is 0 Å². The van der Waals surface area contributed by atoms with Gasteiger partial charge in [-0.3, -0.25) is 4.79 Å². The van der Waals surface area contributed by atoms with Crippen LogP contribution in [0.3, 0.4) is 0 Å². The molecule has 0 aromatic heterocycles. The van der Waals surface area contributed by atoms with E-state index in [-0.39, 0.29) is 11.5 Å². The topological polar surface area (TPSA) is 54.0 Å². The van der Waals surface area contributed by atoms with Crippen molar-refractivity contribution in [3.05, 3.63) is 0 Å². The Morgan fingerprint density at radius 2 is 1.79 bits per heavy atom. The van der Waals surface area contributed by atoms with Gasteiger partial charge in [-0.1, -0.05) is 32.6 Å². The first-order valence-corrected chi connectivity index (χ1v) is 11.6. The maximum atomic E-state index is 13.4. The Morgan fingerprint density at radius 1 is 1.08 bits per heavy atom. The molecule has 2 atom stereocenters. The highest BCUT2D eigenvalue weighted by molar-refractivity contribution is 6.86. The Labute approximate surface area is 149 Å². The molecule has 0 radical (unpaired) electrons. The molecule has 0 saturated carbocycles. The quantitative estimate of drug-likeness (QED) is 0.286. The number of rotatable bonds is 13. The van der Waals surface area contributed by atoms with Crippen LogP contribution >= 0.6 is 0 Å². The van der Waals surface area contributed by atoms with Gasteiger partial charge in [0.25, 0.3) is 14.8 Å². The molecule has 2 unspecified atom stereocenters. The number of ether oxygens (including phenoxy) is 3. The minimum absolute atomic E-state index is 0.0286. The van der Waals surface area contributed by atoms with E-state index in [1.165, 1.54) is 0 Å². The number of unbranched alkanes of at least 4 members (excludes halogenated alkanes) is 2. The molecule has 0 bridgehead atoms. The SMILES string of the molecule is CCCCCC(OCC)C(OCC)(OCC)C(=O)[SiH]1CCCCO1. The van der Waals surface area contributed by atoms with E-state index < -0.39 is 14.8 Å². The fourth-order valence-electron chi connectivity index (χ4n) is 3.29. The Hall–Kier alpha value is -0.273. The summed E-state index contributed by atoms with van der Waals surface area (Å²) in [6.45, 7) is 9.99. The summed E-state index contributed by atoms with van der Waals surface area (Å²) >= 11 is 0. The first-order valence-electron chi connectivity index (χ1n) is 9.71.